The van der Waals surface area contributed by atoms with Crippen molar-refractivity contribution in [1.82, 2.24) is 29.5 Å². The van der Waals surface area contributed by atoms with Crippen molar-refractivity contribution in [2.24, 2.45) is 0 Å². The maximum atomic E-state index is 9.51. The number of aromatic nitrogens is 6. The fourth-order valence-corrected chi connectivity index (χ4v) is 3.08. The van der Waals surface area contributed by atoms with Crippen LogP contribution in [0.5, 0.6) is 0 Å². The van der Waals surface area contributed by atoms with Crippen LogP contribution >= 0.6 is 0 Å². The molecule has 30 heavy (non-hydrogen) atoms. The monoisotopic (exact) mass is 400 g/mol. The van der Waals surface area contributed by atoms with Crippen LogP contribution in [0.25, 0.3) is 11.5 Å². The van der Waals surface area contributed by atoms with Gasteiger partial charge in [-0.15, -0.1) is 0 Å². The predicted octanol–water partition coefficient (Wildman–Crippen LogP) is 1.93. The molecule has 5 N–H and O–H groups in total. The summed E-state index contributed by atoms with van der Waals surface area (Å²) in [5, 5.41) is 21.4. The third-order valence-electron chi connectivity index (χ3n) is 4.47. The molecule has 3 heterocycles. The smallest absolute Gasteiger partial charge is 0.224 e. The van der Waals surface area contributed by atoms with Crippen LogP contribution in [0.1, 0.15) is 17.7 Å². The van der Waals surface area contributed by atoms with Gasteiger partial charge in [-0.25, -0.2) is 9.36 Å². The predicted molar refractivity (Wildman–Crippen MR) is 113 cm³/mol. The van der Waals surface area contributed by atoms with E-state index >= 15 is 0 Å². The van der Waals surface area contributed by atoms with E-state index in [0.29, 0.717) is 41.7 Å². The van der Waals surface area contributed by atoms with E-state index in [1.54, 1.807) is 33.9 Å². The molecule has 4 aromatic rings. The molecule has 0 aliphatic rings. The van der Waals surface area contributed by atoms with E-state index in [-0.39, 0.29) is 5.95 Å². The second kappa shape index (κ2) is 8.32. The third-order valence-corrected chi connectivity index (χ3v) is 4.47. The van der Waals surface area contributed by atoms with Gasteiger partial charge in [0.2, 0.25) is 5.95 Å². The largest absolute Gasteiger partial charge is 0.382 e. The van der Waals surface area contributed by atoms with Gasteiger partial charge in [0.25, 0.3) is 0 Å². The number of aryl methyl sites for hydroxylation is 1. The molecule has 10 nitrogen and oxygen atoms in total. The van der Waals surface area contributed by atoms with Crippen molar-refractivity contribution in [3.63, 3.8) is 0 Å². The molecule has 1 aromatic carbocycles. The molecule has 3 aromatic heterocycles. The number of nitriles is 1. The molecule has 0 aliphatic carbocycles. The Hall–Kier alpha value is -4.39. The van der Waals surface area contributed by atoms with E-state index < -0.39 is 0 Å². The van der Waals surface area contributed by atoms with E-state index in [2.05, 4.69) is 31.6 Å². The second-order valence-corrected chi connectivity index (χ2v) is 6.52. The topological polar surface area (TPSA) is 149 Å². The Bertz CT molecular complexity index is 1170. The van der Waals surface area contributed by atoms with Gasteiger partial charge >= 0.3 is 0 Å². The molecule has 0 aliphatic heterocycles. The number of rotatable bonds is 7. The van der Waals surface area contributed by atoms with Crippen molar-refractivity contribution >= 4 is 17.6 Å². The number of nitrogen functional groups attached to an aromatic ring is 2. The van der Waals surface area contributed by atoms with Crippen molar-refractivity contribution in [2.75, 3.05) is 23.3 Å². The Morgan fingerprint density at radius 1 is 1.10 bits per heavy atom. The summed E-state index contributed by atoms with van der Waals surface area (Å²) in [7, 11) is 0. The minimum Gasteiger partial charge on any atom is -0.382 e. The number of benzene rings is 1. The summed E-state index contributed by atoms with van der Waals surface area (Å²) in [5.74, 6) is 1.68. The summed E-state index contributed by atoms with van der Waals surface area (Å²) in [6, 6.07) is 15.2. The van der Waals surface area contributed by atoms with E-state index in [1.807, 2.05) is 30.3 Å². The summed E-state index contributed by atoms with van der Waals surface area (Å²) >= 11 is 0. The maximum absolute atomic E-state index is 9.51. The third kappa shape index (κ3) is 3.90. The summed E-state index contributed by atoms with van der Waals surface area (Å²) in [6.45, 7) is 0.609. The summed E-state index contributed by atoms with van der Waals surface area (Å²) in [4.78, 5) is 8.38. The molecule has 0 saturated carbocycles. The Morgan fingerprint density at radius 3 is 2.67 bits per heavy atom. The fraction of sp³-hybridized carbons (Fsp3) is 0.150. The number of nitrogens with two attached hydrogens (primary N) is 2. The zero-order valence-electron chi connectivity index (χ0n) is 16.1. The Morgan fingerprint density at radius 2 is 1.93 bits per heavy atom. The fourth-order valence-electron chi connectivity index (χ4n) is 3.08. The standard InChI is InChI=1S/C20H20N10/c21-13-15-16(28-30(19(15)22)14-6-2-1-3-7-14)8-4-9-24-17-12-18(27-20(23)26-17)29-11-5-10-25-29/h1-3,5-7,10-12H,4,8-9,22H2,(H3,23,24,26,27). The lowest BCUT2D eigenvalue weighted by Crippen LogP contribution is -2.09. The average Bonchev–Trinajstić information content (AvgIpc) is 3.40. The van der Waals surface area contributed by atoms with Crippen molar-refractivity contribution in [2.45, 2.75) is 12.8 Å². The van der Waals surface area contributed by atoms with Gasteiger partial charge in [-0.2, -0.15) is 25.4 Å². The van der Waals surface area contributed by atoms with Gasteiger partial charge in [-0.3, -0.25) is 0 Å². The molecule has 0 atom stereocenters. The molecule has 0 unspecified atom stereocenters. The van der Waals surface area contributed by atoms with E-state index in [4.69, 9.17) is 11.5 Å². The highest BCUT2D eigenvalue weighted by Crippen LogP contribution is 2.21. The molecule has 0 saturated heterocycles. The van der Waals surface area contributed by atoms with Crippen LogP contribution in [0.3, 0.4) is 0 Å². The molecule has 0 fully saturated rings. The van der Waals surface area contributed by atoms with E-state index in [0.717, 1.165) is 12.1 Å². The van der Waals surface area contributed by atoms with Gasteiger partial charge in [-0.05, 0) is 31.0 Å². The number of hydrogen-bond donors (Lipinski definition) is 3. The molecule has 10 heteroatoms. The minimum atomic E-state index is 0.159. The molecular weight excluding hydrogens is 380 g/mol. The zero-order chi connectivity index (χ0) is 20.9. The number of nitrogens with one attached hydrogen (secondary N) is 1. The van der Waals surface area contributed by atoms with Crippen LogP contribution in [0.4, 0.5) is 17.6 Å². The first-order chi connectivity index (χ1) is 14.7. The quantitative estimate of drug-likeness (QED) is 0.398. The van der Waals surface area contributed by atoms with Gasteiger partial charge in [0.15, 0.2) is 5.82 Å². The molecule has 0 amide bonds. The maximum Gasteiger partial charge on any atom is 0.224 e. The van der Waals surface area contributed by atoms with Gasteiger partial charge in [0.1, 0.15) is 23.3 Å². The van der Waals surface area contributed by atoms with Crippen molar-refractivity contribution in [3.05, 3.63) is 66.1 Å². The Labute approximate surface area is 172 Å². The highest BCUT2D eigenvalue weighted by molar-refractivity contribution is 5.56. The number of nitrogens with zero attached hydrogens (tertiary/aromatic N) is 7. The van der Waals surface area contributed by atoms with Crippen molar-refractivity contribution in [1.29, 1.82) is 5.26 Å². The molecule has 150 valence electrons. The summed E-state index contributed by atoms with van der Waals surface area (Å²) in [5.41, 5.74) is 13.8. The summed E-state index contributed by atoms with van der Waals surface area (Å²) in [6.07, 6.45) is 4.76. The molecule has 0 radical (unpaired) electrons. The van der Waals surface area contributed by atoms with Gasteiger partial charge in [0.05, 0.1) is 11.4 Å². The lowest BCUT2D eigenvalue weighted by Gasteiger charge is -2.08. The molecular formula is C20H20N10. The lowest BCUT2D eigenvalue weighted by atomic mass is 10.1. The molecule has 0 spiro atoms. The van der Waals surface area contributed by atoms with Gasteiger partial charge < -0.3 is 16.8 Å². The lowest BCUT2D eigenvalue weighted by molar-refractivity contribution is 0.788. The van der Waals surface area contributed by atoms with E-state index in [1.165, 1.54) is 0 Å². The van der Waals surface area contributed by atoms with Crippen LogP contribution in [0, 0.1) is 11.3 Å². The van der Waals surface area contributed by atoms with Crippen LogP contribution < -0.4 is 16.8 Å². The number of anilines is 3. The first kappa shape index (κ1) is 18.9. The van der Waals surface area contributed by atoms with Crippen LogP contribution in [-0.2, 0) is 6.42 Å². The van der Waals surface area contributed by atoms with E-state index in [9.17, 15) is 5.26 Å². The zero-order valence-corrected chi connectivity index (χ0v) is 16.1. The van der Waals surface area contributed by atoms with Crippen LogP contribution in [0.2, 0.25) is 0 Å². The Balaban J connectivity index is 1.43. The molecule has 0 bridgehead atoms. The highest BCUT2D eigenvalue weighted by atomic mass is 15.3. The summed E-state index contributed by atoms with van der Waals surface area (Å²) < 4.78 is 3.21. The SMILES string of the molecule is N#Cc1c(CCCNc2cc(-n3cccn3)nc(N)n2)nn(-c2ccccc2)c1N. The first-order valence-electron chi connectivity index (χ1n) is 9.37. The minimum absolute atomic E-state index is 0.159. The first-order valence-corrected chi connectivity index (χ1v) is 9.37. The van der Waals surface area contributed by atoms with Crippen LogP contribution in [0.15, 0.2) is 54.9 Å². The van der Waals surface area contributed by atoms with Crippen LogP contribution in [-0.4, -0.2) is 36.1 Å². The number of para-hydroxylation sites is 1. The van der Waals surface area contributed by atoms with Gasteiger partial charge in [-0.1, -0.05) is 18.2 Å². The van der Waals surface area contributed by atoms with Crippen molar-refractivity contribution < 1.29 is 0 Å². The van der Waals surface area contributed by atoms with Gasteiger partial charge in [0, 0.05) is 25.0 Å². The second-order valence-electron chi connectivity index (χ2n) is 6.52. The average molecular weight is 400 g/mol. The Kier molecular flexibility index (Phi) is 5.25. The number of hydrogen-bond acceptors (Lipinski definition) is 8. The highest BCUT2D eigenvalue weighted by Gasteiger charge is 2.16. The normalized spacial score (nSPS) is 10.6. The molecule has 4 rings (SSSR count). The van der Waals surface area contributed by atoms with Crippen molar-refractivity contribution in [3.8, 4) is 17.6 Å².